The number of sulfonamides is 1. The number of amides is 1. The number of hydrogen-bond acceptors (Lipinski definition) is 5. The molecule has 1 saturated heterocycles. The number of benzene rings is 2. The summed E-state index contributed by atoms with van der Waals surface area (Å²) in [5.74, 6) is -0.0102. The van der Waals surface area contributed by atoms with Crippen LogP contribution in [-0.2, 0) is 21.4 Å². The van der Waals surface area contributed by atoms with Gasteiger partial charge in [0.1, 0.15) is 10.6 Å². The standard InChI is InChI=1S/C21H21F2N3O4S/c22-21(23)30-16-9-7-14(8-10-16)12-24-20(27)15-4-3-11-26(13-15)19-17-5-1-2-6-18(17)31(28,29)25-19/h1-2,5-10,15,21H,3-4,11-13H2,(H,24,27). The van der Waals surface area contributed by atoms with Crippen LogP contribution < -0.4 is 10.1 Å². The van der Waals surface area contributed by atoms with Crippen molar-refractivity contribution in [2.45, 2.75) is 30.9 Å². The number of rotatable bonds is 5. The first-order chi connectivity index (χ1) is 14.8. The molecule has 1 fully saturated rings. The third kappa shape index (κ3) is 4.68. The highest BCUT2D eigenvalue weighted by Crippen LogP contribution is 2.29. The lowest BCUT2D eigenvalue weighted by atomic mass is 9.96. The molecule has 0 radical (unpaired) electrons. The van der Waals surface area contributed by atoms with Crippen molar-refractivity contribution in [3.05, 3.63) is 59.7 Å². The van der Waals surface area contributed by atoms with Crippen LogP contribution in [0.2, 0.25) is 0 Å². The Kier molecular flexibility index (Phi) is 5.90. The minimum atomic E-state index is -3.71. The van der Waals surface area contributed by atoms with Gasteiger partial charge in [-0.15, -0.1) is 4.40 Å². The number of likely N-dealkylation sites (tertiary alicyclic amines) is 1. The number of carbonyl (C=O) groups is 1. The highest BCUT2D eigenvalue weighted by atomic mass is 32.2. The SMILES string of the molecule is O=C(NCc1ccc(OC(F)F)cc1)C1CCCN(C2=NS(=O)(=O)c3ccccc32)C1. The zero-order valence-electron chi connectivity index (χ0n) is 16.5. The van der Waals surface area contributed by atoms with Crippen molar-refractivity contribution in [3.8, 4) is 5.75 Å². The molecule has 0 saturated carbocycles. The van der Waals surface area contributed by atoms with E-state index in [1.165, 1.54) is 18.2 Å². The third-order valence-electron chi connectivity index (χ3n) is 5.32. The molecular weight excluding hydrogens is 428 g/mol. The largest absolute Gasteiger partial charge is 0.435 e. The van der Waals surface area contributed by atoms with Crippen LogP contribution in [0.4, 0.5) is 8.78 Å². The molecule has 0 spiro atoms. The predicted molar refractivity (Wildman–Crippen MR) is 109 cm³/mol. The van der Waals surface area contributed by atoms with Crippen LogP contribution >= 0.6 is 0 Å². The molecular formula is C21H21F2N3O4S. The Hall–Kier alpha value is -3.01. The van der Waals surface area contributed by atoms with Crippen molar-refractivity contribution in [2.24, 2.45) is 10.3 Å². The van der Waals surface area contributed by atoms with E-state index in [2.05, 4.69) is 14.5 Å². The molecule has 7 nitrogen and oxygen atoms in total. The minimum Gasteiger partial charge on any atom is -0.435 e. The van der Waals surface area contributed by atoms with Crippen LogP contribution in [0.5, 0.6) is 5.75 Å². The quantitative estimate of drug-likeness (QED) is 0.759. The van der Waals surface area contributed by atoms with E-state index in [1.54, 1.807) is 30.3 Å². The predicted octanol–water partition coefficient (Wildman–Crippen LogP) is 2.77. The van der Waals surface area contributed by atoms with Crippen molar-refractivity contribution in [1.82, 2.24) is 10.2 Å². The smallest absolute Gasteiger partial charge is 0.387 e. The van der Waals surface area contributed by atoms with Gasteiger partial charge >= 0.3 is 6.61 Å². The molecule has 31 heavy (non-hydrogen) atoms. The lowest BCUT2D eigenvalue weighted by molar-refractivity contribution is -0.126. The van der Waals surface area contributed by atoms with Gasteiger partial charge in [0, 0.05) is 25.2 Å². The Balaban J connectivity index is 1.38. The first kappa shape index (κ1) is 21.2. The van der Waals surface area contributed by atoms with Crippen molar-refractivity contribution in [2.75, 3.05) is 13.1 Å². The number of alkyl halides is 2. The van der Waals surface area contributed by atoms with E-state index in [9.17, 15) is 22.0 Å². The second kappa shape index (κ2) is 8.62. The number of amidine groups is 1. The first-order valence-corrected chi connectivity index (χ1v) is 11.3. The summed E-state index contributed by atoms with van der Waals surface area (Å²) in [6.07, 6.45) is 1.42. The second-order valence-electron chi connectivity index (χ2n) is 7.41. The average molecular weight is 449 g/mol. The molecule has 2 aromatic rings. The molecule has 2 aromatic carbocycles. The Bertz CT molecular complexity index is 1100. The molecule has 0 bridgehead atoms. The molecule has 2 aliphatic rings. The van der Waals surface area contributed by atoms with E-state index in [0.717, 1.165) is 12.0 Å². The van der Waals surface area contributed by atoms with Crippen LogP contribution in [0.15, 0.2) is 57.8 Å². The average Bonchev–Trinajstić information content (AvgIpc) is 3.04. The number of carbonyl (C=O) groups excluding carboxylic acids is 1. The summed E-state index contributed by atoms with van der Waals surface area (Å²) in [6.45, 7) is -1.64. The van der Waals surface area contributed by atoms with E-state index in [1.807, 2.05) is 4.90 Å². The fourth-order valence-corrected chi connectivity index (χ4v) is 5.05. The summed E-state index contributed by atoms with van der Waals surface area (Å²) < 4.78 is 57.3. The van der Waals surface area contributed by atoms with E-state index in [-0.39, 0.29) is 29.0 Å². The van der Waals surface area contributed by atoms with Gasteiger partial charge in [0.25, 0.3) is 10.0 Å². The van der Waals surface area contributed by atoms with E-state index in [0.29, 0.717) is 30.9 Å². The lowest BCUT2D eigenvalue weighted by Crippen LogP contribution is -2.45. The lowest BCUT2D eigenvalue weighted by Gasteiger charge is -2.33. The van der Waals surface area contributed by atoms with Crippen LogP contribution in [0.1, 0.15) is 24.0 Å². The molecule has 1 N–H and O–H groups in total. The Labute approximate surface area is 178 Å². The third-order valence-corrected chi connectivity index (χ3v) is 6.64. The summed E-state index contributed by atoms with van der Waals surface area (Å²) in [5.41, 5.74) is 1.32. The van der Waals surface area contributed by atoms with E-state index >= 15 is 0 Å². The van der Waals surface area contributed by atoms with Crippen LogP contribution in [0, 0.1) is 5.92 Å². The van der Waals surface area contributed by atoms with Gasteiger partial charge in [0.15, 0.2) is 5.84 Å². The van der Waals surface area contributed by atoms with Crippen molar-refractivity contribution in [1.29, 1.82) is 0 Å². The molecule has 4 rings (SSSR count). The molecule has 1 unspecified atom stereocenters. The highest BCUT2D eigenvalue weighted by molar-refractivity contribution is 7.90. The number of hydrogen-bond donors (Lipinski definition) is 1. The molecule has 0 aromatic heterocycles. The minimum absolute atomic E-state index is 0.0561. The number of nitrogens with one attached hydrogen (secondary N) is 1. The van der Waals surface area contributed by atoms with Gasteiger partial charge in [-0.1, -0.05) is 24.3 Å². The van der Waals surface area contributed by atoms with Gasteiger partial charge in [-0.2, -0.15) is 17.2 Å². The van der Waals surface area contributed by atoms with Crippen molar-refractivity contribution in [3.63, 3.8) is 0 Å². The van der Waals surface area contributed by atoms with Crippen LogP contribution in [-0.4, -0.2) is 44.8 Å². The van der Waals surface area contributed by atoms with Gasteiger partial charge < -0.3 is 15.0 Å². The fourth-order valence-electron chi connectivity index (χ4n) is 3.82. The summed E-state index contributed by atoms with van der Waals surface area (Å²) in [5, 5.41) is 2.86. The Morgan fingerprint density at radius 3 is 2.68 bits per heavy atom. The number of halogens is 2. The molecule has 164 valence electrons. The van der Waals surface area contributed by atoms with E-state index < -0.39 is 16.6 Å². The summed E-state index contributed by atoms with van der Waals surface area (Å²) in [4.78, 5) is 14.7. The number of piperidine rings is 1. The van der Waals surface area contributed by atoms with Crippen molar-refractivity contribution < 1.29 is 26.7 Å². The normalized spacial score (nSPS) is 19.6. The molecule has 10 heteroatoms. The number of nitrogens with zero attached hydrogens (tertiary/aromatic N) is 2. The monoisotopic (exact) mass is 449 g/mol. The first-order valence-electron chi connectivity index (χ1n) is 9.84. The molecule has 0 aliphatic carbocycles. The highest BCUT2D eigenvalue weighted by Gasteiger charge is 2.35. The van der Waals surface area contributed by atoms with Crippen LogP contribution in [0.25, 0.3) is 0 Å². The number of ether oxygens (including phenoxy) is 1. The van der Waals surface area contributed by atoms with Crippen molar-refractivity contribution >= 4 is 21.8 Å². The zero-order chi connectivity index (χ0) is 22.0. The molecule has 1 amide bonds. The second-order valence-corrected chi connectivity index (χ2v) is 8.98. The van der Waals surface area contributed by atoms with Gasteiger partial charge in [0.05, 0.1) is 5.92 Å². The summed E-state index contributed by atoms with van der Waals surface area (Å²) in [6, 6.07) is 12.8. The van der Waals surface area contributed by atoms with Gasteiger partial charge in [0.2, 0.25) is 5.91 Å². The zero-order valence-corrected chi connectivity index (χ0v) is 17.3. The molecule has 1 atom stereocenters. The van der Waals surface area contributed by atoms with Gasteiger partial charge in [-0.05, 0) is 42.7 Å². The maximum Gasteiger partial charge on any atom is 0.387 e. The summed E-state index contributed by atoms with van der Waals surface area (Å²) in [7, 11) is -3.71. The Morgan fingerprint density at radius 2 is 1.94 bits per heavy atom. The van der Waals surface area contributed by atoms with Crippen LogP contribution in [0.3, 0.4) is 0 Å². The van der Waals surface area contributed by atoms with E-state index in [4.69, 9.17) is 0 Å². The molecule has 2 aliphatic heterocycles. The number of fused-ring (bicyclic) bond motifs is 1. The maximum atomic E-state index is 12.7. The maximum absolute atomic E-state index is 12.7. The topological polar surface area (TPSA) is 88.1 Å². The summed E-state index contributed by atoms with van der Waals surface area (Å²) >= 11 is 0. The molecule has 2 heterocycles. The fraction of sp³-hybridized carbons (Fsp3) is 0.333. The van der Waals surface area contributed by atoms with Gasteiger partial charge in [-0.25, -0.2) is 0 Å². The Morgan fingerprint density at radius 1 is 1.19 bits per heavy atom. The van der Waals surface area contributed by atoms with Gasteiger partial charge in [-0.3, -0.25) is 4.79 Å².